The van der Waals surface area contributed by atoms with Crippen LogP contribution >= 0.6 is 0 Å². The fourth-order valence-corrected chi connectivity index (χ4v) is 3.05. The quantitative estimate of drug-likeness (QED) is 0.822. The summed E-state index contributed by atoms with van der Waals surface area (Å²) in [5.41, 5.74) is 1.40. The van der Waals surface area contributed by atoms with E-state index >= 15 is 0 Å². The van der Waals surface area contributed by atoms with Crippen LogP contribution in [0.5, 0.6) is 0 Å². The van der Waals surface area contributed by atoms with E-state index in [4.69, 9.17) is 4.74 Å². The van der Waals surface area contributed by atoms with Gasteiger partial charge in [0.25, 0.3) is 0 Å². The van der Waals surface area contributed by atoms with Crippen LogP contribution in [0.1, 0.15) is 58.6 Å². The van der Waals surface area contributed by atoms with Crippen LogP contribution in [-0.2, 0) is 11.3 Å². The summed E-state index contributed by atoms with van der Waals surface area (Å²) in [4.78, 5) is 0. The van der Waals surface area contributed by atoms with Gasteiger partial charge in [-0.1, -0.05) is 20.8 Å². The Morgan fingerprint density at radius 3 is 2.80 bits per heavy atom. The molecule has 0 amide bonds. The first-order valence-electron chi connectivity index (χ1n) is 8.14. The minimum atomic E-state index is 0.395. The summed E-state index contributed by atoms with van der Waals surface area (Å²) >= 11 is 0. The van der Waals surface area contributed by atoms with Crippen molar-refractivity contribution in [3.8, 4) is 0 Å². The molecule has 2 rings (SSSR count). The first kappa shape index (κ1) is 15.6. The van der Waals surface area contributed by atoms with Crippen LogP contribution < -0.4 is 5.32 Å². The van der Waals surface area contributed by atoms with E-state index in [1.54, 1.807) is 0 Å². The molecule has 3 heteroatoms. The predicted octanol–water partition coefficient (Wildman–Crippen LogP) is 3.75. The molecule has 0 aromatic carbocycles. The van der Waals surface area contributed by atoms with Gasteiger partial charge >= 0.3 is 0 Å². The summed E-state index contributed by atoms with van der Waals surface area (Å²) in [6.45, 7) is 11.0. The largest absolute Gasteiger partial charge is 0.373 e. The van der Waals surface area contributed by atoms with Crippen molar-refractivity contribution in [2.75, 3.05) is 6.54 Å². The Morgan fingerprint density at radius 1 is 1.40 bits per heavy atom. The first-order chi connectivity index (χ1) is 9.60. The normalized spacial score (nSPS) is 24.4. The molecule has 3 atom stereocenters. The zero-order chi connectivity index (χ0) is 14.5. The van der Waals surface area contributed by atoms with E-state index in [9.17, 15) is 0 Å². The molecule has 20 heavy (non-hydrogen) atoms. The van der Waals surface area contributed by atoms with Crippen molar-refractivity contribution in [3.63, 3.8) is 0 Å². The van der Waals surface area contributed by atoms with E-state index in [1.807, 2.05) is 0 Å². The molecule has 3 unspecified atom stereocenters. The molecular weight excluding hydrogens is 248 g/mol. The summed E-state index contributed by atoms with van der Waals surface area (Å²) in [7, 11) is 0. The molecule has 0 radical (unpaired) electrons. The maximum atomic E-state index is 5.91. The molecule has 114 valence electrons. The van der Waals surface area contributed by atoms with E-state index < -0.39 is 0 Å². The van der Waals surface area contributed by atoms with Crippen molar-refractivity contribution < 1.29 is 4.74 Å². The molecule has 0 saturated carbocycles. The topological polar surface area (TPSA) is 26.2 Å². The van der Waals surface area contributed by atoms with Crippen molar-refractivity contribution in [1.82, 2.24) is 9.88 Å². The molecule has 2 heterocycles. The number of hydrogen-bond acceptors (Lipinski definition) is 2. The lowest BCUT2D eigenvalue weighted by Crippen LogP contribution is -2.26. The number of aromatic nitrogens is 1. The molecule has 1 aromatic heterocycles. The minimum Gasteiger partial charge on any atom is -0.373 e. The average Bonchev–Trinajstić information content (AvgIpc) is 3.00. The lowest BCUT2D eigenvalue weighted by Gasteiger charge is -2.21. The fraction of sp³-hybridized carbons (Fsp3) is 0.765. The SMILES string of the molecule is CCCNC(c1ccn(CC2CCC(C)O2)c1)C(C)C. The van der Waals surface area contributed by atoms with Crippen LogP contribution in [0.3, 0.4) is 0 Å². The van der Waals surface area contributed by atoms with Crippen LogP contribution in [0.25, 0.3) is 0 Å². The van der Waals surface area contributed by atoms with E-state index in [-0.39, 0.29) is 0 Å². The summed E-state index contributed by atoms with van der Waals surface area (Å²) < 4.78 is 8.20. The smallest absolute Gasteiger partial charge is 0.0758 e. The maximum Gasteiger partial charge on any atom is 0.0758 e. The van der Waals surface area contributed by atoms with Gasteiger partial charge in [-0.3, -0.25) is 0 Å². The molecule has 0 bridgehead atoms. The molecule has 1 aromatic rings. The minimum absolute atomic E-state index is 0.395. The Balaban J connectivity index is 1.95. The number of hydrogen-bond donors (Lipinski definition) is 1. The zero-order valence-corrected chi connectivity index (χ0v) is 13.4. The second kappa shape index (κ2) is 7.28. The van der Waals surface area contributed by atoms with Gasteiger partial charge < -0.3 is 14.6 Å². The highest BCUT2D eigenvalue weighted by Crippen LogP contribution is 2.24. The van der Waals surface area contributed by atoms with Gasteiger partial charge in [0.2, 0.25) is 0 Å². The van der Waals surface area contributed by atoms with Gasteiger partial charge in [0.15, 0.2) is 0 Å². The highest BCUT2D eigenvalue weighted by molar-refractivity contribution is 5.16. The van der Waals surface area contributed by atoms with Crippen LogP contribution in [-0.4, -0.2) is 23.3 Å². The zero-order valence-electron chi connectivity index (χ0n) is 13.4. The first-order valence-corrected chi connectivity index (χ1v) is 8.14. The Morgan fingerprint density at radius 2 is 2.20 bits per heavy atom. The number of nitrogens with one attached hydrogen (secondary N) is 1. The van der Waals surface area contributed by atoms with E-state index in [2.05, 4.69) is 56.0 Å². The lowest BCUT2D eigenvalue weighted by molar-refractivity contribution is 0.0458. The van der Waals surface area contributed by atoms with Crippen LogP contribution in [0.15, 0.2) is 18.5 Å². The Bertz CT molecular complexity index is 399. The summed E-state index contributed by atoms with van der Waals surface area (Å²) in [6, 6.07) is 2.71. The number of nitrogens with zero attached hydrogens (tertiary/aromatic N) is 1. The predicted molar refractivity (Wildman–Crippen MR) is 83.9 cm³/mol. The third kappa shape index (κ3) is 4.10. The van der Waals surface area contributed by atoms with E-state index in [0.717, 1.165) is 13.1 Å². The highest BCUT2D eigenvalue weighted by atomic mass is 16.5. The van der Waals surface area contributed by atoms with Crippen LogP contribution in [0.4, 0.5) is 0 Å². The van der Waals surface area contributed by atoms with Crippen molar-refractivity contribution in [2.45, 2.75) is 71.8 Å². The van der Waals surface area contributed by atoms with Crippen LogP contribution in [0, 0.1) is 5.92 Å². The van der Waals surface area contributed by atoms with Gasteiger partial charge in [-0.2, -0.15) is 0 Å². The van der Waals surface area contributed by atoms with Crippen LogP contribution in [0.2, 0.25) is 0 Å². The number of rotatable bonds is 7. The lowest BCUT2D eigenvalue weighted by atomic mass is 9.98. The molecule has 0 aliphatic carbocycles. The molecule has 1 saturated heterocycles. The monoisotopic (exact) mass is 278 g/mol. The Hall–Kier alpha value is -0.800. The Labute approximate surface area is 123 Å². The molecule has 1 fully saturated rings. The van der Waals surface area contributed by atoms with Crippen molar-refractivity contribution >= 4 is 0 Å². The van der Waals surface area contributed by atoms with Gasteiger partial charge in [0.05, 0.1) is 12.2 Å². The van der Waals surface area contributed by atoms with Gasteiger partial charge in [0.1, 0.15) is 0 Å². The molecule has 1 N–H and O–H groups in total. The summed E-state index contributed by atoms with van der Waals surface area (Å²) in [5, 5.41) is 3.65. The number of ether oxygens (including phenoxy) is 1. The molecule has 1 aliphatic heterocycles. The van der Waals surface area contributed by atoms with Crippen molar-refractivity contribution in [3.05, 3.63) is 24.0 Å². The molecular formula is C17H30N2O. The molecule has 1 aliphatic rings. The van der Waals surface area contributed by atoms with Crippen molar-refractivity contribution in [2.24, 2.45) is 5.92 Å². The fourth-order valence-electron chi connectivity index (χ4n) is 3.05. The third-order valence-corrected chi connectivity index (χ3v) is 4.15. The third-order valence-electron chi connectivity index (χ3n) is 4.15. The highest BCUT2D eigenvalue weighted by Gasteiger charge is 2.22. The van der Waals surface area contributed by atoms with Gasteiger partial charge in [0, 0.05) is 25.0 Å². The average molecular weight is 278 g/mol. The molecule has 3 nitrogen and oxygen atoms in total. The van der Waals surface area contributed by atoms with Gasteiger partial charge in [-0.05, 0) is 50.3 Å². The van der Waals surface area contributed by atoms with E-state index in [1.165, 1.54) is 24.8 Å². The second-order valence-electron chi connectivity index (χ2n) is 6.46. The standard InChI is InChI=1S/C17H30N2O/c1-5-9-18-17(13(2)3)15-8-10-19(11-15)12-16-7-6-14(4)20-16/h8,10-11,13-14,16-18H,5-7,9,12H2,1-4H3. The van der Waals surface area contributed by atoms with Gasteiger partial charge in [-0.15, -0.1) is 0 Å². The van der Waals surface area contributed by atoms with E-state index in [0.29, 0.717) is 24.2 Å². The molecule has 0 spiro atoms. The van der Waals surface area contributed by atoms with Gasteiger partial charge in [-0.25, -0.2) is 0 Å². The Kier molecular flexibility index (Phi) is 5.67. The summed E-state index contributed by atoms with van der Waals surface area (Å²) in [6.07, 6.45) is 8.89. The maximum absolute atomic E-state index is 5.91. The second-order valence-corrected chi connectivity index (χ2v) is 6.46. The summed E-state index contributed by atoms with van der Waals surface area (Å²) in [5.74, 6) is 0.611. The van der Waals surface area contributed by atoms with Crippen molar-refractivity contribution in [1.29, 1.82) is 0 Å².